The van der Waals surface area contributed by atoms with Crippen molar-refractivity contribution in [3.8, 4) is 5.75 Å². The van der Waals surface area contributed by atoms with Crippen molar-refractivity contribution in [3.05, 3.63) is 74.6 Å². The van der Waals surface area contributed by atoms with Gasteiger partial charge in [0, 0.05) is 17.5 Å². The zero-order valence-electron chi connectivity index (χ0n) is 19.6. The SMILES string of the molecule is CCc1cc2c(cc1CC)CC(NCCc1ccc(OC(=O)CC(=O)O)c3[nH]c(=O)ccc13)C2. The summed E-state index contributed by atoms with van der Waals surface area (Å²) in [7, 11) is 0. The normalized spacial score (nSPS) is 13.2. The molecular formula is C27H30N2O5. The summed E-state index contributed by atoms with van der Waals surface area (Å²) in [5, 5.41) is 13.2. The van der Waals surface area contributed by atoms with E-state index in [-0.39, 0.29) is 11.3 Å². The van der Waals surface area contributed by atoms with Crippen LogP contribution >= 0.6 is 0 Å². The van der Waals surface area contributed by atoms with Crippen LogP contribution in [0, 0.1) is 0 Å². The summed E-state index contributed by atoms with van der Waals surface area (Å²) in [6, 6.07) is 11.8. The molecular weight excluding hydrogens is 432 g/mol. The van der Waals surface area contributed by atoms with Gasteiger partial charge in [0.05, 0.1) is 5.52 Å². The number of carboxylic acid groups (broad SMARTS) is 1. The number of aliphatic carboxylic acids is 1. The molecule has 0 saturated carbocycles. The number of rotatable bonds is 9. The topological polar surface area (TPSA) is 108 Å². The smallest absolute Gasteiger partial charge is 0.322 e. The molecule has 1 heterocycles. The summed E-state index contributed by atoms with van der Waals surface area (Å²) >= 11 is 0. The lowest BCUT2D eigenvalue weighted by Crippen LogP contribution is -2.31. The molecule has 1 aliphatic rings. The van der Waals surface area contributed by atoms with Crippen molar-refractivity contribution in [1.29, 1.82) is 0 Å². The predicted molar refractivity (Wildman–Crippen MR) is 131 cm³/mol. The molecule has 7 nitrogen and oxygen atoms in total. The Morgan fingerprint density at radius 1 is 1.03 bits per heavy atom. The van der Waals surface area contributed by atoms with Crippen LogP contribution in [0.4, 0.5) is 0 Å². The second-order valence-corrected chi connectivity index (χ2v) is 8.78. The molecule has 0 spiro atoms. The number of nitrogens with one attached hydrogen (secondary N) is 2. The number of carboxylic acids is 1. The number of ether oxygens (including phenoxy) is 1. The first-order valence-corrected chi connectivity index (χ1v) is 11.8. The van der Waals surface area contributed by atoms with Gasteiger partial charge in [0.25, 0.3) is 0 Å². The van der Waals surface area contributed by atoms with Crippen LogP contribution in [0.5, 0.6) is 5.75 Å². The molecule has 178 valence electrons. The van der Waals surface area contributed by atoms with Gasteiger partial charge in [0.1, 0.15) is 6.42 Å². The number of hydrogen-bond donors (Lipinski definition) is 3. The Hall–Kier alpha value is -3.45. The molecule has 0 amide bonds. The first-order valence-electron chi connectivity index (χ1n) is 11.8. The lowest BCUT2D eigenvalue weighted by molar-refractivity contribution is -0.145. The van der Waals surface area contributed by atoms with Gasteiger partial charge in [-0.1, -0.05) is 32.0 Å². The first-order chi connectivity index (χ1) is 16.4. The van der Waals surface area contributed by atoms with E-state index >= 15 is 0 Å². The average Bonchev–Trinajstić information content (AvgIpc) is 3.20. The quantitative estimate of drug-likeness (QED) is 0.256. The number of pyridine rings is 1. The van der Waals surface area contributed by atoms with Gasteiger partial charge in [-0.05, 0) is 78.6 Å². The molecule has 1 aliphatic carbocycles. The summed E-state index contributed by atoms with van der Waals surface area (Å²) < 4.78 is 5.20. The molecule has 0 aliphatic heterocycles. The monoisotopic (exact) mass is 462 g/mol. The average molecular weight is 463 g/mol. The van der Waals surface area contributed by atoms with Crippen molar-refractivity contribution >= 4 is 22.8 Å². The lowest BCUT2D eigenvalue weighted by Gasteiger charge is -2.14. The van der Waals surface area contributed by atoms with Crippen molar-refractivity contribution in [2.75, 3.05) is 6.54 Å². The van der Waals surface area contributed by atoms with E-state index in [1.165, 1.54) is 28.3 Å². The zero-order valence-corrected chi connectivity index (χ0v) is 19.6. The first kappa shape index (κ1) is 23.7. The van der Waals surface area contributed by atoms with E-state index in [0.29, 0.717) is 11.6 Å². The molecule has 0 radical (unpaired) electrons. The van der Waals surface area contributed by atoms with Crippen LogP contribution in [0.1, 0.15) is 48.1 Å². The van der Waals surface area contributed by atoms with Crippen molar-refractivity contribution in [2.45, 2.75) is 58.4 Å². The molecule has 0 atom stereocenters. The Morgan fingerprint density at radius 3 is 2.32 bits per heavy atom. The summed E-state index contributed by atoms with van der Waals surface area (Å²) in [6.45, 7) is 5.19. The van der Waals surface area contributed by atoms with E-state index in [1.807, 2.05) is 6.07 Å². The predicted octanol–water partition coefficient (Wildman–Crippen LogP) is 3.33. The second kappa shape index (κ2) is 10.2. The molecule has 0 unspecified atom stereocenters. The van der Waals surface area contributed by atoms with E-state index in [9.17, 15) is 14.4 Å². The summed E-state index contributed by atoms with van der Waals surface area (Å²) in [6.07, 6.45) is 4.17. The summed E-state index contributed by atoms with van der Waals surface area (Å²) in [5.74, 6) is -2.00. The number of benzene rings is 2. The zero-order chi connectivity index (χ0) is 24.2. The van der Waals surface area contributed by atoms with E-state index in [0.717, 1.165) is 49.6 Å². The van der Waals surface area contributed by atoms with Crippen molar-refractivity contribution < 1.29 is 19.4 Å². The number of aryl methyl sites for hydroxylation is 2. The maximum absolute atomic E-state index is 11.9. The Morgan fingerprint density at radius 2 is 1.71 bits per heavy atom. The van der Waals surface area contributed by atoms with Crippen LogP contribution in [-0.4, -0.2) is 34.6 Å². The Balaban J connectivity index is 1.45. The molecule has 2 aromatic carbocycles. The molecule has 34 heavy (non-hydrogen) atoms. The molecule has 0 fully saturated rings. The van der Waals surface area contributed by atoms with Crippen LogP contribution in [0.2, 0.25) is 0 Å². The van der Waals surface area contributed by atoms with Gasteiger partial charge in [-0.25, -0.2) is 0 Å². The van der Waals surface area contributed by atoms with E-state index < -0.39 is 18.4 Å². The third-order valence-electron chi connectivity index (χ3n) is 6.51. The highest BCUT2D eigenvalue weighted by atomic mass is 16.5. The van der Waals surface area contributed by atoms with Gasteiger partial charge in [0.15, 0.2) is 5.75 Å². The van der Waals surface area contributed by atoms with E-state index in [2.05, 4.69) is 36.3 Å². The Kier molecular flexibility index (Phi) is 7.12. The van der Waals surface area contributed by atoms with Crippen LogP contribution < -0.4 is 15.6 Å². The van der Waals surface area contributed by atoms with Crippen LogP contribution in [0.3, 0.4) is 0 Å². The van der Waals surface area contributed by atoms with Crippen LogP contribution in [0.25, 0.3) is 10.9 Å². The third-order valence-corrected chi connectivity index (χ3v) is 6.51. The van der Waals surface area contributed by atoms with Crippen molar-refractivity contribution in [3.63, 3.8) is 0 Å². The summed E-state index contributed by atoms with van der Waals surface area (Å²) in [5.41, 5.74) is 6.88. The highest BCUT2D eigenvalue weighted by Crippen LogP contribution is 2.28. The second-order valence-electron chi connectivity index (χ2n) is 8.78. The maximum Gasteiger partial charge on any atom is 0.322 e. The van der Waals surface area contributed by atoms with Gasteiger partial charge in [-0.2, -0.15) is 0 Å². The Labute approximate surface area is 198 Å². The van der Waals surface area contributed by atoms with E-state index in [1.54, 1.807) is 12.1 Å². The number of carbonyl (C=O) groups excluding carboxylic acids is 1. The number of carbonyl (C=O) groups is 2. The molecule has 3 aromatic rings. The fraction of sp³-hybridized carbons (Fsp3) is 0.370. The van der Waals surface area contributed by atoms with Gasteiger partial charge < -0.3 is 20.1 Å². The number of aromatic nitrogens is 1. The minimum absolute atomic E-state index is 0.153. The Bertz CT molecular complexity index is 1260. The molecule has 0 saturated heterocycles. The number of fused-ring (bicyclic) bond motifs is 2. The van der Waals surface area contributed by atoms with Crippen molar-refractivity contribution in [1.82, 2.24) is 10.3 Å². The number of H-pyrrole nitrogens is 1. The van der Waals surface area contributed by atoms with Crippen LogP contribution in [-0.2, 0) is 41.7 Å². The highest BCUT2D eigenvalue weighted by molar-refractivity contribution is 5.94. The standard InChI is InChI=1S/C27H30N2O5/c1-3-16-11-19-13-21(14-20(19)12-17(16)4-2)28-10-9-18-5-7-23(34-26(33)15-25(31)32)27-22(18)6-8-24(30)29-27/h5-8,11-12,21,28H,3-4,9-10,13-15H2,1-2H3,(H,29,30)(H,31,32). The number of aromatic amines is 1. The van der Waals surface area contributed by atoms with Crippen LogP contribution in [0.15, 0.2) is 41.2 Å². The third kappa shape index (κ3) is 5.20. The van der Waals surface area contributed by atoms with Crippen molar-refractivity contribution in [2.24, 2.45) is 0 Å². The number of esters is 1. The van der Waals surface area contributed by atoms with Gasteiger partial charge >= 0.3 is 11.9 Å². The molecule has 7 heteroatoms. The lowest BCUT2D eigenvalue weighted by atomic mass is 9.97. The van der Waals surface area contributed by atoms with E-state index in [4.69, 9.17) is 9.84 Å². The fourth-order valence-electron chi connectivity index (χ4n) is 4.86. The van der Waals surface area contributed by atoms with Gasteiger partial charge in [-0.15, -0.1) is 0 Å². The minimum atomic E-state index is -1.27. The molecule has 4 rings (SSSR count). The molecule has 3 N–H and O–H groups in total. The highest BCUT2D eigenvalue weighted by Gasteiger charge is 2.22. The maximum atomic E-state index is 11.9. The largest absolute Gasteiger partial charge is 0.481 e. The van der Waals surface area contributed by atoms with Gasteiger partial charge in [-0.3, -0.25) is 14.4 Å². The summed E-state index contributed by atoms with van der Waals surface area (Å²) in [4.78, 5) is 37.2. The number of hydrogen-bond acceptors (Lipinski definition) is 5. The molecule has 1 aromatic heterocycles. The van der Waals surface area contributed by atoms with Gasteiger partial charge in [0.2, 0.25) is 5.56 Å². The minimum Gasteiger partial charge on any atom is -0.481 e. The fourth-order valence-corrected chi connectivity index (χ4v) is 4.86. The molecule has 0 bridgehead atoms.